The Morgan fingerprint density at radius 2 is 2.04 bits per heavy atom. The van der Waals surface area contributed by atoms with Crippen LogP contribution in [-0.4, -0.2) is 49.9 Å². The van der Waals surface area contributed by atoms with Crippen LogP contribution < -0.4 is 4.74 Å². The van der Waals surface area contributed by atoms with Crippen molar-refractivity contribution in [3.63, 3.8) is 0 Å². The number of furan rings is 1. The van der Waals surface area contributed by atoms with Crippen molar-refractivity contribution < 1.29 is 31.9 Å². The van der Waals surface area contributed by atoms with Gasteiger partial charge in [-0.15, -0.1) is 0 Å². The van der Waals surface area contributed by atoms with E-state index in [1.54, 1.807) is 18.2 Å². The highest BCUT2D eigenvalue weighted by Gasteiger charge is 2.38. The Balaban J connectivity index is 1.93. The Hall–Kier alpha value is -2.22. The van der Waals surface area contributed by atoms with Gasteiger partial charge in [-0.3, -0.25) is 4.79 Å². The number of hydrogen-bond donors (Lipinski definition) is 0. The largest absolute Gasteiger partial charge is 0.493 e. The number of alkyl halides is 3. The van der Waals surface area contributed by atoms with Crippen LogP contribution in [0.4, 0.5) is 13.2 Å². The van der Waals surface area contributed by atoms with E-state index in [4.69, 9.17) is 13.9 Å². The van der Waals surface area contributed by atoms with Gasteiger partial charge < -0.3 is 18.8 Å². The molecule has 0 spiro atoms. The second-order valence-corrected chi connectivity index (χ2v) is 5.88. The zero-order chi connectivity index (χ0) is 18.0. The number of fused-ring (bicyclic) bond motifs is 1. The van der Waals surface area contributed by atoms with Gasteiger partial charge in [-0.1, -0.05) is 12.1 Å². The van der Waals surface area contributed by atoms with Crippen molar-refractivity contribution >= 4 is 16.9 Å². The molecule has 1 aromatic heterocycles. The predicted molar refractivity (Wildman–Crippen MR) is 83.7 cm³/mol. The van der Waals surface area contributed by atoms with Gasteiger partial charge in [0.25, 0.3) is 5.91 Å². The van der Waals surface area contributed by atoms with Crippen molar-refractivity contribution in [1.82, 2.24) is 4.90 Å². The topological polar surface area (TPSA) is 51.9 Å². The minimum absolute atomic E-state index is 0.129. The molecular formula is C17H18F3NO4. The van der Waals surface area contributed by atoms with Gasteiger partial charge in [0.05, 0.1) is 7.11 Å². The van der Waals surface area contributed by atoms with Gasteiger partial charge in [0.1, 0.15) is 6.54 Å². The number of rotatable bonds is 4. The second-order valence-electron chi connectivity index (χ2n) is 5.88. The Kier molecular flexibility index (Phi) is 4.89. The Bertz CT molecular complexity index is 750. The molecule has 1 aromatic carbocycles. The molecule has 3 rings (SSSR count). The van der Waals surface area contributed by atoms with E-state index in [0.717, 1.165) is 4.90 Å². The van der Waals surface area contributed by atoms with Crippen LogP contribution >= 0.6 is 0 Å². The van der Waals surface area contributed by atoms with E-state index in [-0.39, 0.29) is 5.76 Å². The number of ether oxygens (including phenoxy) is 2. The van der Waals surface area contributed by atoms with Gasteiger partial charge in [-0.25, -0.2) is 0 Å². The molecule has 0 aliphatic carbocycles. The maximum Gasteiger partial charge on any atom is 0.406 e. The maximum absolute atomic E-state index is 13.0. The summed E-state index contributed by atoms with van der Waals surface area (Å²) < 4.78 is 54.8. The minimum atomic E-state index is -4.49. The second kappa shape index (κ2) is 6.95. The highest BCUT2D eigenvalue weighted by atomic mass is 19.4. The van der Waals surface area contributed by atoms with E-state index in [1.807, 2.05) is 0 Å². The van der Waals surface area contributed by atoms with Gasteiger partial charge in [0.2, 0.25) is 0 Å². The molecule has 1 amide bonds. The fourth-order valence-electron chi connectivity index (χ4n) is 3.00. The number of methoxy groups -OCH3 is 1. The number of halogens is 3. The lowest BCUT2D eigenvalue weighted by Crippen LogP contribution is -2.47. The van der Waals surface area contributed by atoms with Crippen molar-refractivity contribution in [2.45, 2.75) is 25.1 Å². The van der Waals surface area contributed by atoms with Crippen molar-refractivity contribution in [2.24, 2.45) is 0 Å². The number of carbonyl (C=O) groups is 1. The summed E-state index contributed by atoms with van der Waals surface area (Å²) in [6.07, 6.45) is -3.76. The van der Waals surface area contributed by atoms with Crippen LogP contribution in [0.25, 0.3) is 11.0 Å². The van der Waals surface area contributed by atoms with Crippen LogP contribution in [0.5, 0.6) is 5.75 Å². The lowest BCUT2D eigenvalue weighted by Gasteiger charge is -2.34. The van der Waals surface area contributed by atoms with Gasteiger partial charge in [-0.2, -0.15) is 13.2 Å². The van der Waals surface area contributed by atoms with Crippen LogP contribution in [0, 0.1) is 0 Å². The zero-order valence-corrected chi connectivity index (χ0v) is 13.6. The average molecular weight is 357 g/mol. The number of benzene rings is 1. The third-order valence-corrected chi connectivity index (χ3v) is 4.18. The highest BCUT2D eigenvalue weighted by molar-refractivity contribution is 5.97. The van der Waals surface area contributed by atoms with Gasteiger partial charge in [0.15, 0.2) is 17.1 Å². The molecule has 5 nitrogen and oxygen atoms in total. The predicted octanol–water partition coefficient (Wildman–Crippen LogP) is 3.62. The summed E-state index contributed by atoms with van der Waals surface area (Å²) >= 11 is 0. The maximum atomic E-state index is 13.0. The Morgan fingerprint density at radius 1 is 1.32 bits per heavy atom. The normalized spacial score (nSPS) is 16.2. The zero-order valence-electron chi connectivity index (χ0n) is 13.6. The van der Waals surface area contributed by atoms with Gasteiger partial charge >= 0.3 is 6.18 Å². The molecule has 8 heteroatoms. The van der Waals surface area contributed by atoms with E-state index in [2.05, 4.69) is 0 Å². The van der Waals surface area contributed by atoms with Crippen LogP contribution in [0.15, 0.2) is 28.7 Å². The first-order valence-corrected chi connectivity index (χ1v) is 7.91. The van der Waals surface area contributed by atoms with Gasteiger partial charge in [0, 0.05) is 24.6 Å². The molecule has 0 atom stereocenters. The number of nitrogens with zero attached hydrogens (tertiary/aromatic N) is 1. The first-order chi connectivity index (χ1) is 11.9. The molecule has 2 aromatic rings. The molecule has 1 aliphatic heterocycles. The number of hydrogen-bond acceptors (Lipinski definition) is 4. The first-order valence-electron chi connectivity index (χ1n) is 7.91. The van der Waals surface area contributed by atoms with E-state index in [0.29, 0.717) is 42.8 Å². The first kappa shape index (κ1) is 17.6. The molecule has 25 heavy (non-hydrogen) atoms. The van der Waals surface area contributed by atoms with E-state index >= 15 is 0 Å². The monoisotopic (exact) mass is 357 g/mol. The van der Waals surface area contributed by atoms with Crippen molar-refractivity contribution in [3.8, 4) is 5.75 Å². The standard InChI is InChI=1S/C17H18F3NO4/c1-23-13-4-2-3-11-9-14(25-15(11)13)16(22)21(10-17(18,19)20)12-5-7-24-8-6-12/h2-4,9,12H,5-8,10H2,1H3. The van der Waals surface area contributed by atoms with Crippen molar-refractivity contribution in [1.29, 1.82) is 0 Å². The smallest absolute Gasteiger partial charge is 0.406 e. The Morgan fingerprint density at radius 3 is 2.68 bits per heavy atom. The van der Waals surface area contributed by atoms with Gasteiger partial charge in [-0.05, 0) is 25.0 Å². The summed E-state index contributed by atoms with van der Waals surface area (Å²) in [5, 5.41) is 0.599. The number of para-hydroxylation sites is 1. The molecular weight excluding hydrogens is 339 g/mol. The molecule has 136 valence electrons. The Labute approximate surface area is 142 Å². The average Bonchev–Trinajstić information content (AvgIpc) is 3.03. The van der Waals surface area contributed by atoms with E-state index in [1.165, 1.54) is 13.2 Å². The highest BCUT2D eigenvalue weighted by Crippen LogP contribution is 2.30. The van der Waals surface area contributed by atoms with Crippen molar-refractivity contribution in [3.05, 3.63) is 30.0 Å². The third-order valence-electron chi connectivity index (χ3n) is 4.18. The molecule has 0 bridgehead atoms. The summed E-state index contributed by atoms with van der Waals surface area (Å²) in [6.45, 7) is -0.648. The summed E-state index contributed by atoms with van der Waals surface area (Å²) in [7, 11) is 1.46. The molecule has 0 N–H and O–H groups in total. The summed E-state index contributed by atoms with van der Waals surface area (Å²) in [5.74, 6) is -0.484. The molecule has 0 unspecified atom stereocenters. The number of amides is 1. The molecule has 0 radical (unpaired) electrons. The SMILES string of the molecule is COc1cccc2cc(C(=O)N(CC(F)(F)F)C3CCOCC3)oc12. The fraction of sp³-hybridized carbons (Fsp3) is 0.471. The third kappa shape index (κ3) is 3.89. The molecule has 2 heterocycles. The molecule has 0 saturated carbocycles. The lowest BCUT2D eigenvalue weighted by molar-refractivity contribution is -0.147. The molecule has 1 fully saturated rings. The van der Waals surface area contributed by atoms with E-state index in [9.17, 15) is 18.0 Å². The lowest BCUT2D eigenvalue weighted by atomic mass is 10.1. The van der Waals surface area contributed by atoms with Crippen LogP contribution in [0.3, 0.4) is 0 Å². The van der Waals surface area contributed by atoms with Crippen LogP contribution in [0.1, 0.15) is 23.4 Å². The summed E-state index contributed by atoms with van der Waals surface area (Å²) in [6, 6.07) is 6.00. The number of carbonyl (C=O) groups excluding carboxylic acids is 1. The van der Waals surface area contributed by atoms with E-state index < -0.39 is 24.7 Å². The minimum Gasteiger partial charge on any atom is -0.493 e. The van der Waals surface area contributed by atoms with Crippen LogP contribution in [-0.2, 0) is 4.74 Å². The quantitative estimate of drug-likeness (QED) is 0.839. The van der Waals surface area contributed by atoms with Crippen molar-refractivity contribution in [2.75, 3.05) is 26.9 Å². The summed E-state index contributed by atoms with van der Waals surface area (Å²) in [5.41, 5.74) is 0.340. The fourth-order valence-corrected chi connectivity index (χ4v) is 3.00. The van der Waals surface area contributed by atoms with Crippen LogP contribution in [0.2, 0.25) is 0 Å². The molecule has 1 saturated heterocycles. The molecule has 1 aliphatic rings. The summed E-state index contributed by atoms with van der Waals surface area (Å²) in [4.78, 5) is 13.6.